The zero-order valence-electron chi connectivity index (χ0n) is 24.0. The third-order valence-corrected chi connectivity index (χ3v) is 6.14. The van der Waals surface area contributed by atoms with Crippen molar-refractivity contribution < 1.29 is 37.6 Å². The summed E-state index contributed by atoms with van der Waals surface area (Å²) < 4.78 is 44.0. The van der Waals surface area contributed by atoms with E-state index in [9.17, 15) is 4.39 Å². The maximum atomic E-state index is 13.9. The van der Waals surface area contributed by atoms with Crippen molar-refractivity contribution in [3.05, 3.63) is 133 Å². The SMILES string of the molecule is [2H]C([2H])([2H])c1cc(-c2[c-]ccc3c2oc2cc(C#N)ccc23)ncc1F.[CH2-]c1ccccc1-c1ccc(C)c[n+]1[CH2-].[Ir+3]. The second-order valence-electron chi connectivity index (χ2n) is 8.79. The van der Waals surface area contributed by atoms with E-state index in [2.05, 4.69) is 56.2 Å². The molecule has 0 spiro atoms. The maximum absolute atomic E-state index is 13.9. The number of aromatic nitrogens is 2. The van der Waals surface area contributed by atoms with E-state index in [1.165, 1.54) is 11.6 Å². The molecule has 0 aliphatic rings. The van der Waals surface area contributed by atoms with Crippen LogP contribution in [0.1, 0.15) is 26.4 Å². The van der Waals surface area contributed by atoms with Crippen molar-refractivity contribution in [2.75, 3.05) is 0 Å². The molecule has 0 saturated heterocycles. The van der Waals surface area contributed by atoms with Crippen LogP contribution in [0.15, 0.2) is 89.6 Å². The molecule has 0 amide bonds. The number of halogens is 1. The van der Waals surface area contributed by atoms with Gasteiger partial charge in [-0.2, -0.15) is 23.8 Å². The first-order chi connectivity index (χ1) is 19.6. The van der Waals surface area contributed by atoms with E-state index < -0.39 is 18.2 Å². The molecular weight excluding hydrogens is 666 g/mol. The summed E-state index contributed by atoms with van der Waals surface area (Å²) in [5.41, 5.74) is 6.17. The van der Waals surface area contributed by atoms with Crippen molar-refractivity contribution in [1.82, 2.24) is 4.98 Å². The van der Waals surface area contributed by atoms with Crippen LogP contribution in [0.4, 0.5) is 4.39 Å². The summed E-state index contributed by atoms with van der Waals surface area (Å²) in [5, 5.41) is 10.6. The number of hydrogen-bond acceptors (Lipinski definition) is 3. The van der Waals surface area contributed by atoms with Gasteiger partial charge >= 0.3 is 20.1 Å². The molecule has 0 unspecified atom stereocenters. The molecule has 6 rings (SSSR count). The number of aryl methyl sites for hydroxylation is 2. The Morgan fingerprint density at radius 1 is 1.10 bits per heavy atom. The van der Waals surface area contributed by atoms with Gasteiger partial charge in [-0.15, -0.1) is 35.9 Å². The molecule has 0 aliphatic heterocycles. The van der Waals surface area contributed by atoms with E-state index in [0.717, 1.165) is 33.8 Å². The first kappa shape index (κ1) is 23.7. The van der Waals surface area contributed by atoms with Gasteiger partial charge in [-0.1, -0.05) is 41.3 Å². The quantitative estimate of drug-likeness (QED) is 0.139. The fourth-order valence-electron chi connectivity index (χ4n) is 4.26. The summed E-state index contributed by atoms with van der Waals surface area (Å²) in [7, 11) is 3.99. The van der Waals surface area contributed by atoms with Crippen LogP contribution in [-0.4, -0.2) is 4.98 Å². The summed E-state index contributed by atoms with van der Waals surface area (Å²) in [6, 6.07) is 27.1. The molecule has 3 heterocycles. The second-order valence-corrected chi connectivity index (χ2v) is 8.79. The number of furan rings is 1. The van der Waals surface area contributed by atoms with E-state index in [-0.39, 0.29) is 25.8 Å². The molecule has 0 fully saturated rings. The molecule has 0 saturated carbocycles. The minimum atomic E-state index is -2.59. The Hall–Kier alpha value is -4.43. The van der Waals surface area contributed by atoms with Gasteiger partial charge in [0.05, 0.1) is 35.3 Å². The van der Waals surface area contributed by atoms with Crippen molar-refractivity contribution >= 4 is 21.9 Å². The van der Waals surface area contributed by atoms with Gasteiger partial charge in [-0.05, 0) is 42.7 Å². The van der Waals surface area contributed by atoms with Crippen LogP contribution in [0.25, 0.3) is 44.5 Å². The first-order valence-corrected chi connectivity index (χ1v) is 11.7. The molecule has 3 aromatic heterocycles. The van der Waals surface area contributed by atoms with E-state index >= 15 is 0 Å². The van der Waals surface area contributed by atoms with Crippen molar-refractivity contribution in [3.8, 4) is 28.6 Å². The molecule has 192 valence electrons. The van der Waals surface area contributed by atoms with E-state index in [1.54, 1.807) is 24.3 Å². The number of nitriles is 1. The number of rotatable bonds is 2. The molecule has 0 aliphatic carbocycles. The Bertz CT molecular complexity index is 1960. The average Bonchev–Trinajstić information content (AvgIpc) is 3.32. The van der Waals surface area contributed by atoms with Crippen LogP contribution in [-0.2, 0) is 20.1 Å². The summed E-state index contributed by atoms with van der Waals surface area (Å²) >= 11 is 0. The van der Waals surface area contributed by atoms with Crippen LogP contribution in [0, 0.1) is 51.0 Å². The molecular formula is C33H24FIrN3O+. The van der Waals surface area contributed by atoms with E-state index in [0.29, 0.717) is 22.3 Å². The number of hydrogen-bond donors (Lipinski definition) is 0. The van der Waals surface area contributed by atoms with Gasteiger partial charge in [-0.25, -0.2) is 4.39 Å². The number of benzene rings is 3. The summed E-state index contributed by atoms with van der Waals surface area (Å²) in [4.78, 5) is 4.01. The smallest absolute Gasteiger partial charge is 0.501 e. The number of nitrogens with zero attached hydrogens (tertiary/aromatic N) is 3. The molecule has 0 atom stereocenters. The maximum Gasteiger partial charge on any atom is 3.00 e. The van der Waals surface area contributed by atoms with Gasteiger partial charge in [0.2, 0.25) is 0 Å². The largest absolute Gasteiger partial charge is 3.00 e. The van der Waals surface area contributed by atoms with Gasteiger partial charge in [0.25, 0.3) is 0 Å². The Kier molecular flexibility index (Phi) is 7.00. The molecule has 0 N–H and O–H groups in total. The predicted octanol–water partition coefficient (Wildman–Crippen LogP) is 7.54. The summed E-state index contributed by atoms with van der Waals surface area (Å²) in [5.74, 6) is -0.885. The van der Waals surface area contributed by atoms with Crippen LogP contribution < -0.4 is 4.57 Å². The summed E-state index contributed by atoms with van der Waals surface area (Å²) in [6.45, 7) is 3.48. The molecule has 6 heteroatoms. The van der Waals surface area contributed by atoms with Crippen LogP contribution in [0.2, 0.25) is 0 Å². The second kappa shape index (κ2) is 11.5. The molecule has 39 heavy (non-hydrogen) atoms. The number of pyridine rings is 2. The Morgan fingerprint density at radius 2 is 1.92 bits per heavy atom. The standard InChI is InChI=1S/C19H10FN2O.C14H14N.Ir/c1-11-7-17(22-10-16(11)20)15-4-2-3-14-13-6-5-12(9-21)8-18(13)23-19(14)15;1-11-8-9-14(15(3)10-11)13-7-5-4-6-12(13)2;/h2-3,5-8,10H,1H3;4-10H,2-3H2,1H3;/q2*-1;+3/i1D3;;. The van der Waals surface area contributed by atoms with Gasteiger partial charge < -0.3 is 14.0 Å². The minimum Gasteiger partial charge on any atom is -0.501 e. The third kappa shape index (κ3) is 5.56. The third-order valence-electron chi connectivity index (χ3n) is 6.14. The predicted molar refractivity (Wildman–Crippen MR) is 147 cm³/mol. The minimum absolute atomic E-state index is 0. The fourth-order valence-corrected chi connectivity index (χ4v) is 4.26. The van der Waals surface area contributed by atoms with Crippen molar-refractivity contribution in [1.29, 1.82) is 5.26 Å². The normalized spacial score (nSPS) is 11.9. The summed E-state index contributed by atoms with van der Waals surface area (Å²) in [6.07, 6.45) is 2.90. The van der Waals surface area contributed by atoms with Gasteiger partial charge in [-0.3, -0.25) is 0 Å². The molecule has 0 bridgehead atoms. The Morgan fingerprint density at radius 3 is 2.67 bits per heavy atom. The van der Waals surface area contributed by atoms with Crippen LogP contribution >= 0.6 is 0 Å². The zero-order valence-corrected chi connectivity index (χ0v) is 23.4. The Labute approximate surface area is 244 Å². The van der Waals surface area contributed by atoms with Gasteiger partial charge in [0.15, 0.2) is 0 Å². The topological polar surface area (TPSA) is 53.7 Å². The molecule has 6 aromatic rings. The Balaban J connectivity index is 0.000000216. The monoisotopic (exact) mass is 693 g/mol. The van der Waals surface area contributed by atoms with E-state index in [1.807, 2.05) is 35.0 Å². The van der Waals surface area contributed by atoms with Crippen molar-refractivity contribution in [2.45, 2.75) is 13.8 Å². The van der Waals surface area contributed by atoms with Crippen LogP contribution in [0.5, 0.6) is 0 Å². The fraction of sp³-hybridized carbons (Fsp3) is 0.0606. The van der Waals surface area contributed by atoms with Crippen molar-refractivity contribution in [3.63, 3.8) is 0 Å². The molecule has 0 radical (unpaired) electrons. The molecule has 4 nitrogen and oxygen atoms in total. The van der Waals surface area contributed by atoms with Crippen LogP contribution in [0.3, 0.4) is 0 Å². The zero-order chi connectivity index (χ0) is 29.3. The molecule has 3 aromatic carbocycles. The number of fused-ring (bicyclic) bond motifs is 3. The van der Waals surface area contributed by atoms with Crippen molar-refractivity contribution in [2.24, 2.45) is 0 Å². The van der Waals surface area contributed by atoms with Gasteiger partial charge in [0, 0.05) is 16.5 Å². The van der Waals surface area contributed by atoms with E-state index in [4.69, 9.17) is 13.8 Å². The average molecular weight is 693 g/mol. The first-order valence-electron chi connectivity index (χ1n) is 13.2. The van der Waals surface area contributed by atoms with Gasteiger partial charge in [0.1, 0.15) is 11.4 Å².